The molecule has 0 bridgehead atoms. The van der Waals surface area contributed by atoms with Crippen molar-refractivity contribution in [2.45, 2.75) is 45.4 Å². The number of likely N-dealkylation sites (tertiary alicyclic amines) is 1. The standard InChI is InChI=1S/C26H29FN6S/c1-15(2)19-12-28-13-20-16(3)24(34-25(19)20)23-21(27)14-30-26(32-23)31-22-6-5-18(11-29-22)17-7-9-33(4)10-8-17/h5-6,11-15,17H,7-10H2,1-4H3,(H,29,30,31,32). The maximum Gasteiger partial charge on any atom is 0.229 e. The molecule has 5 rings (SSSR count). The van der Waals surface area contributed by atoms with Gasteiger partial charge in [0.2, 0.25) is 5.95 Å². The number of hydrogen-bond donors (Lipinski definition) is 1. The van der Waals surface area contributed by atoms with E-state index in [4.69, 9.17) is 0 Å². The topological polar surface area (TPSA) is 66.8 Å². The Hall–Kier alpha value is -2.97. The second-order valence-electron chi connectivity index (χ2n) is 9.39. The van der Waals surface area contributed by atoms with E-state index in [0.29, 0.717) is 29.3 Å². The lowest BCUT2D eigenvalue weighted by Gasteiger charge is -2.29. The fourth-order valence-electron chi connectivity index (χ4n) is 4.55. The molecule has 0 spiro atoms. The van der Waals surface area contributed by atoms with Crippen LogP contribution in [0.5, 0.6) is 0 Å². The first-order chi connectivity index (χ1) is 16.4. The summed E-state index contributed by atoms with van der Waals surface area (Å²) in [6.07, 6.45) is 9.21. The summed E-state index contributed by atoms with van der Waals surface area (Å²) in [7, 11) is 2.17. The second kappa shape index (κ2) is 9.35. The summed E-state index contributed by atoms with van der Waals surface area (Å²) in [6, 6.07) is 4.07. The highest BCUT2D eigenvalue weighted by Gasteiger charge is 2.21. The normalized spacial score (nSPS) is 15.4. The summed E-state index contributed by atoms with van der Waals surface area (Å²) in [4.78, 5) is 20.8. The molecule has 0 aliphatic carbocycles. The molecule has 6 nitrogen and oxygen atoms in total. The van der Waals surface area contributed by atoms with Gasteiger partial charge in [-0.3, -0.25) is 4.98 Å². The summed E-state index contributed by atoms with van der Waals surface area (Å²) < 4.78 is 16.0. The van der Waals surface area contributed by atoms with Gasteiger partial charge in [0.25, 0.3) is 0 Å². The number of nitrogens with one attached hydrogen (secondary N) is 1. The predicted molar refractivity (Wildman–Crippen MR) is 136 cm³/mol. The van der Waals surface area contributed by atoms with Crippen molar-refractivity contribution in [3.63, 3.8) is 0 Å². The van der Waals surface area contributed by atoms with Gasteiger partial charge in [0.05, 0.1) is 11.1 Å². The Balaban J connectivity index is 1.42. The summed E-state index contributed by atoms with van der Waals surface area (Å²) in [5.41, 5.74) is 3.71. The lowest BCUT2D eigenvalue weighted by molar-refractivity contribution is 0.255. The number of hydrogen-bond acceptors (Lipinski definition) is 7. The molecular formula is C26H29FN6S. The molecule has 1 aliphatic heterocycles. The Morgan fingerprint density at radius 2 is 1.88 bits per heavy atom. The van der Waals surface area contributed by atoms with Crippen LogP contribution in [0.15, 0.2) is 36.9 Å². The summed E-state index contributed by atoms with van der Waals surface area (Å²) in [5.74, 6) is 1.42. The molecular weight excluding hydrogens is 447 g/mol. The van der Waals surface area contributed by atoms with Gasteiger partial charge >= 0.3 is 0 Å². The zero-order valence-electron chi connectivity index (χ0n) is 20.0. The summed E-state index contributed by atoms with van der Waals surface area (Å²) >= 11 is 1.56. The first kappa shape index (κ1) is 22.8. The highest BCUT2D eigenvalue weighted by Crippen LogP contribution is 2.41. The minimum absolute atomic E-state index is 0.300. The fourth-order valence-corrected chi connectivity index (χ4v) is 5.98. The van der Waals surface area contributed by atoms with Crippen LogP contribution in [0.4, 0.5) is 16.2 Å². The average Bonchev–Trinajstić information content (AvgIpc) is 3.17. The smallest absolute Gasteiger partial charge is 0.229 e. The van der Waals surface area contributed by atoms with Crippen molar-refractivity contribution in [2.24, 2.45) is 0 Å². The molecule has 1 aliphatic rings. The first-order valence-electron chi connectivity index (χ1n) is 11.7. The van der Waals surface area contributed by atoms with Gasteiger partial charge in [-0.25, -0.2) is 19.3 Å². The monoisotopic (exact) mass is 476 g/mol. The number of rotatable bonds is 5. The molecule has 1 fully saturated rings. The number of anilines is 2. The second-order valence-corrected chi connectivity index (χ2v) is 10.4. The van der Waals surface area contributed by atoms with Gasteiger partial charge in [0.1, 0.15) is 11.5 Å². The van der Waals surface area contributed by atoms with Crippen LogP contribution in [0.2, 0.25) is 0 Å². The van der Waals surface area contributed by atoms with Gasteiger partial charge in [-0.1, -0.05) is 19.9 Å². The molecule has 0 unspecified atom stereocenters. The fraction of sp³-hybridized carbons (Fsp3) is 0.385. The first-order valence-corrected chi connectivity index (χ1v) is 12.5. The van der Waals surface area contributed by atoms with Gasteiger partial charge in [0, 0.05) is 28.7 Å². The zero-order valence-corrected chi connectivity index (χ0v) is 20.8. The number of fused-ring (bicyclic) bond motifs is 1. The Kier molecular flexibility index (Phi) is 6.27. The van der Waals surface area contributed by atoms with E-state index in [2.05, 4.69) is 57.1 Å². The van der Waals surface area contributed by atoms with E-state index in [9.17, 15) is 4.39 Å². The molecule has 34 heavy (non-hydrogen) atoms. The van der Waals surface area contributed by atoms with Crippen LogP contribution in [0.1, 0.15) is 55.2 Å². The molecule has 0 aromatic carbocycles. The van der Waals surface area contributed by atoms with Crippen molar-refractivity contribution in [3.8, 4) is 10.6 Å². The highest BCUT2D eigenvalue weighted by molar-refractivity contribution is 7.22. The van der Waals surface area contributed by atoms with Crippen molar-refractivity contribution < 1.29 is 4.39 Å². The van der Waals surface area contributed by atoms with E-state index in [-0.39, 0.29) is 0 Å². The highest BCUT2D eigenvalue weighted by atomic mass is 32.1. The van der Waals surface area contributed by atoms with E-state index >= 15 is 0 Å². The molecule has 5 heterocycles. The van der Waals surface area contributed by atoms with Crippen LogP contribution in [0, 0.1) is 12.7 Å². The van der Waals surface area contributed by atoms with Crippen LogP contribution in [-0.2, 0) is 0 Å². The van der Waals surface area contributed by atoms with Gasteiger partial charge < -0.3 is 10.2 Å². The Bertz CT molecular complexity index is 1310. The van der Waals surface area contributed by atoms with Crippen LogP contribution >= 0.6 is 11.3 Å². The molecule has 0 amide bonds. The van der Waals surface area contributed by atoms with Crippen molar-refractivity contribution in [1.82, 2.24) is 24.8 Å². The third-order valence-electron chi connectivity index (χ3n) is 6.67. The van der Waals surface area contributed by atoms with E-state index in [1.54, 1.807) is 11.3 Å². The quantitative estimate of drug-likeness (QED) is 0.366. The zero-order chi connectivity index (χ0) is 23.8. The largest absolute Gasteiger partial charge is 0.309 e. The van der Waals surface area contributed by atoms with Crippen molar-refractivity contribution in [3.05, 3.63) is 59.4 Å². The summed E-state index contributed by atoms with van der Waals surface area (Å²) in [5, 5.41) is 4.19. The Morgan fingerprint density at radius 3 is 2.59 bits per heavy atom. The van der Waals surface area contributed by atoms with E-state index in [0.717, 1.165) is 46.5 Å². The maximum atomic E-state index is 14.9. The molecule has 1 saturated heterocycles. The molecule has 176 valence electrons. The molecule has 1 N–H and O–H groups in total. The summed E-state index contributed by atoms with van der Waals surface area (Å²) in [6.45, 7) is 8.51. The lowest BCUT2D eigenvalue weighted by Crippen LogP contribution is -2.29. The van der Waals surface area contributed by atoms with Gasteiger partial charge in [-0.05, 0) is 74.5 Å². The third kappa shape index (κ3) is 4.40. The number of pyridine rings is 2. The van der Waals surface area contributed by atoms with Gasteiger partial charge in [0.15, 0.2) is 5.82 Å². The maximum absolute atomic E-state index is 14.9. The van der Waals surface area contributed by atoms with Crippen LogP contribution in [0.3, 0.4) is 0 Å². The minimum atomic E-state index is -0.440. The van der Waals surface area contributed by atoms with Crippen molar-refractivity contribution >= 4 is 33.2 Å². The van der Waals surface area contributed by atoms with Gasteiger partial charge in [-0.15, -0.1) is 11.3 Å². The molecule has 4 aromatic heterocycles. The number of piperidine rings is 1. The molecule has 4 aromatic rings. The number of aryl methyl sites for hydroxylation is 1. The lowest BCUT2D eigenvalue weighted by atomic mass is 9.91. The predicted octanol–water partition coefficient (Wildman–Crippen LogP) is 6.27. The Morgan fingerprint density at radius 1 is 1.09 bits per heavy atom. The van der Waals surface area contributed by atoms with E-state index in [1.165, 1.54) is 17.3 Å². The third-order valence-corrected chi connectivity index (χ3v) is 8.03. The van der Waals surface area contributed by atoms with Crippen LogP contribution in [-0.4, -0.2) is 45.0 Å². The van der Waals surface area contributed by atoms with Crippen molar-refractivity contribution in [2.75, 3.05) is 25.5 Å². The van der Waals surface area contributed by atoms with E-state index in [1.807, 2.05) is 31.6 Å². The van der Waals surface area contributed by atoms with Gasteiger partial charge in [-0.2, -0.15) is 0 Å². The van der Waals surface area contributed by atoms with Crippen LogP contribution < -0.4 is 5.32 Å². The average molecular weight is 477 g/mol. The number of thiophene rings is 1. The molecule has 0 atom stereocenters. The van der Waals surface area contributed by atoms with Crippen LogP contribution in [0.25, 0.3) is 20.7 Å². The molecule has 0 saturated carbocycles. The number of halogens is 1. The minimum Gasteiger partial charge on any atom is -0.309 e. The number of nitrogens with zero attached hydrogens (tertiary/aromatic N) is 5. The molecule has 0 radical (unpaired) electrons. The van der Waals surface area contributed by atoms with Crippen molar-refractivity contribution in [1.29, 1.82) is 0 Å². The van der Waals surface area contributed by atoms with E-state index < -0.39 is 5.82 Å². The Labute approximate surface area is 203 Å². The SMILES string of the molecule is Cc1c(-c2nc(Nc3ccc(C4CCN(C)CC4)cn3)ncc2F)sc2c(C(C)C)cncc12. The number of aromatic nitrogens is 4. The molecule has 8 heteroatoms.